The molecule has 0 aromatic carbocycles. The highest BCUT2D eigenvalue weighted by atomic mass is 32.1. The van der Waals surface area contributed by atoms with Gasteiger partial charge < -0.3 is 20.3 Å². The molecule has 2 aliphatic rings. The molecular weight excluding hydrogens is 314 g/mol. The Hall–Kier alpha value is -1.93. The molecule has 0 spiro atoms. The SMILES string of the molecule is O=C(NCC1CCCO1)NC1CN(c2ncnc3ccsc23)C1. The second-order valence-corrected chi connectivity index (χ2v) is 6.84. The number of nitrogens with zero attached hydrogens (tertiary/aromatic N) is 3. The molecule has 2 aromatic rings. The van der Waals surface area contributed by atoms with Crippen molar-refractivity contribution in [3.8, 4) is 0 Å². The monoisotopic (exact) mass is 333 g/mol. The molecule has 122 valence electrons. The van der Waals surface area contributed by atoms with E-state index < -0.39 is 0 Å². The molecule has 1 unspecified atom stereocenters. The van der Waals surface area contributed by atoms with Crippen molar-refractivity contribution in [2.45, 2.75) is 25.0 Å². The number of thiophene rings is 1. The van der Waals surface area contributed by atoms with Crippen molar-refractivity contribution in [2.24, 2.45) is 0 Å². The summed E-state index contributed by atoms with van der Waals surface area (Å²) >= 11 is 1.65. The first-order chi connectivity index (χ1) is 11.3. The summed E-state index contributed by atoms with van der Waals surface area (Å²) in [6.45, 7) is 2.94. The Bertz CT molecular complexity index is 694. The smallest absolute Gasteiger partial charge is 0.315 e. The fourth-order valence-corrected chi connectivity index (χ4v) is 3.85. The van der Waals surface area contributed by atoms with Crippen molar-refractivity contribution in [1.82, 2.24) is 20.6 Å². The van der Waals surface area contributed by atoms with Gasteiger partial charge in [0.2, 0.25) is 0 Å². The summed E-state index contributed by atoms with van der Waals surface area (Å²) in [7, 11) is 0. The van der Waals surface area contributed by atoms with Crippen LogP contribution in [-0.2, 0) is 4.74 Å². The second-order valence-electron chi connectivity index (χ2n) is 5.92. The molecular formula is C15H19N5O2S. The van der Waals surface area contributed by atoms with Gasteiger partial charge in [-0.1, -0.05) is 0 Å². The molecule has 0 aliphatic carbocycles. The summed E-state index contributed by atoms with van der Waals surface area (Å²) in [5.74, 6) is 0.961. The average Bonchev–Trinajstić information content (AvgIpc) is 3.18. The number of fused-ring (bicyclic) bond motifs is 1. The second kappa shape index (κ2) is 6.29. The van der Waals surface area contributed by atoms with Crippen molar-refractivity contribution in [2.75, 3.05) is 31.1 Å². The highest BCUT2D eigenvalue weighted by Crippen LogP contribution is 2.30. The summed E-state index contributed by atoms with van der Waals surface area (Å²) in [6, 6.07) is 2.04. The number of hydrogen-bond donors (Lipinski definition) is 2. The summed E-state index contributed by atoms with van der Waals surface area (Å²) in [6.07, 6.45) is 3.88. The third kappa shape index (κ3) is 3.09. The van der Waals surface area contributed by atoms with Crippen molar-refractivity contribution in [1.29, 1.82) is 0 Å². The fourth-order valence-electron chi connectivity index (χ4n) is 2.99. The summed E-state index contributed by atoms with van der Waals surface area (Å²) in [4.78, 5) is 22.7. The Labute approximate surface area is 138 Å². The molecule has 8 heteroatoms. The number of carbonyl (C=O) groups excluding carboxylic acids is 1. The van der Waals surface area contributed by atoms with Crippen LogP contribution in [0.25, 0.3) is 10.2 Å². The molecule has 2 N–H and O–H groups in total. The molecule has 1 atom stereocenters. The van der Waals surface area contributed by atoms with Gasteiger partial charge in [-0.05, 0) is 24.3 Å². The van der Waals surface area contributed by atoms with Crippen molar-refractivity contribution in [3.05, 3.63) is 17.8 Å². The van der Waals surface area contributed by atoms with Crippen LogP contribution in [0.4, 0.5) is 10.6 Å². The van der Waals surface area contributed by atoms with E-state index in [0.717, 1.165) is 48.6 Å². The molecule has 2 saturated heterocycles. The number of nitrogens with one attached hydrogen (secondary N) is 2. The summed E-state index contributed by atoms with van der Waals surface area (Å²) in [5, 5.41) is 7.91. The van der Waals surface area contributed by atoms with Gasteiger partial charge in [-0.3, -0.25) is 0 Å². The van der Waals surface area contributed by atoms with Crippen LogP contribution in [0.5, 0.6) is 0 Å². The van der Waals surface area contributed by atoms with E-state index in [1.54, 1.807) is 17.7 Å². The third-order valence-electron chi connectivity index (χ3n) is 4.25. The Kier molecular flexibility index (Phi) is 4.00. The van der Waals surface area contributed by atoms with E-state index in [-0.39, 0.29) is 18.2 Å². The maximum Gasteiger partial charge on any atom is 0.315 e. The lowest BCUT2D eigenvalue weighted by molar-refractivity contribution is 0.111. The molecule has 2 aromatic heterocycles. The Morgan fingerprint density at radius 1 is 1.43 bits per heavy atom. The summed E-state index contributed by atoms with van der Waals surface area (Å²) in [5.41, 5.74) is 0.978. The largest absolute Gasteiger partial charge is 0.376 e. The van der Waals surface area contributed by atoms with Crippen LogP contribution in [0, 0.1) is 0 Å². The van der Waals surface area contributed by atoms with E-state index in [1.807, 2.05) is 11.4 Å². The number of urea groups is 1. The van der Waals surface area contributed by atoms with Crippen LogP contribution in [0.1, 0.15) is 12.8 Å². The molecule has 23 heavy (non-hydrogen) atoms. The lowest BCUT2D eigenvalue weighted by atomic mass is 10.1. The summed E-state index contributed by atoms with van der Waals surface area (Å²) < 4.78 is 6.60. The highest BCUT2D eigenvalue weighted by molar-refractivity contribution is 7.17. The van der Waals surface area contributed by atoms with Gasteiger partial charge in [0.25, 0.3) is 0 Å². The van der Waals surface area contributed by atoms with Crippen LogP contribution in [0.15, 0.2) is 17.8 Å². The normalized spacial score (nSPS) is 21.4. The molecule has 4 rings (SSSR count). The van der Waals surface area contributed by atoms with Crippen molar-refractivity contribution in [3.63, 3.8) is 0 Å². The van der Waals surface area contributed by atoms with Gasteiger partial charge >= 0.3 is 6.03 Å². The number of hydrogen-bond acceptors (Lipinski definition) is 6. The number of rotatable bonds is 4. The predicted molar refractivity (Wildman–Crippen MR) is 88.9 cm³/mol. The van der Waals surface area contributed by atoms with E-state index >= 15 is 0 Å². The zero-order valence-corrected chi connectivity index (χ0v) is 13.5. The lowest BCUT2D eigenvalue weighted by Crippen LogP contribution is -2.61. The molecule has 4 heterocycles. The zero-order valence-electron chi connectivity index (χ0n) is 12.7. The highest BCUT2D eigenvalue weighted by Gasteiger charge is 2.30. The quantitative estimate of drug-likeness (QED) is 0.883. The predicted octanol–water partition coefficient (Wildman–Crippen LogP) is 1.36. The standard InChI is InChI=1S/C15H19N5O2S/c21-15(16-6-11-2-1-4-22-11)19-10-7-20(8-10)14-13-12(3-5-23-13)17-9-18-14/h3,5,9-11H,1-2,4,6-8H2,(H2,16,19,21). The minimum absolute atomic E-state index is 0.117. The maximum absolute atomic E-state index is 11.9. The molecule has 2 amide bonds. The minimum Gasteiger partial charge on any atom is -0.376 e. The Morgan fingerprint density at radius 3 is 3.17 bits per heavy atom. The Balaban J connectivity index is 1.26. The molecule has 0 bridgehead atoms. The fraction of sp³-hybridized carbons (Fsp3) is 0.533. The van der Waals surface area contributed by atoms with Crippen LogP contribution >= 0.6 is 11.3 Å². The van der Waals surface area contributed by atoms with E-state index in [4.69, 9.17) is 4.74 Å². The van der Waals surface area contributed by atoms with E-state index in [0.29, 0.717) is 6.54 Å². The van der Waals surface area contributed by atoms with Gasteiger partial charge in [-0.25, -0.2) is 14.8 Å². The number of anilines is 1. The number of amides is 2. The molecule has 7 nitrogen and oxygen atoms in total. The molecule has 0 radical (unpaired) electrons. The van der Waals surface area contributed by atoms with Gasteiger partial charge in [0.05, 0.1) is 22.4 Å². The number of ether oxygens (including phenoxy) is 1. The first-order valence-corrected chi connectivity index (χ1v) is 8.76. The van der Waals surface area contributed by atoms with E-state index in [9.17, 15) is 4.79 Å². The first-order valence-electron chi connectivity index (χ1n) is 7.89. The Morgan fingerprint density at radius 2 is 2.35 bits per heavy atom. The molecule has 0 saturated carbocycles. The van der Waals surface area contributed by atoms with Gasteiger partial charge in [-0.15, -0.1) is 11.3 Å². The number of aromatic nitrogens is 2. The van der Waals surface area contributed by atoms with Crippen LogP contribution in [0.2, 0.25) is 0 Å². The van der Waals surface area contributed by atoms with Gasteiger partial charge in [0, 0.05) is 26.2 Å². The van der Waals surface area contributed by atoms with Crippen LogP contribution in [0.3, 0.4) is 0 Å². The zero-order chi connectivity index (χ0) is 15.6. The van der Waals surface area contributed by atoms with Crippen LogP contribution < -0.4 is 15.5 Å². The van der Waals surface area contributed by atoms with Gasteiger partial charge in [0.1, 0.15) is 12.1 Å². The topological polar surface area (TPSA) is 79.4 Å². The average molecular weight is 333 g/mol. The minimum atomic E-state index is -0.117. The van der Waals surface area contributed by atoms with Crippen molar-refractivity contribution >= 4 is 33.4 Å². The molecule has 2 fully saturated rings. The van der Waals surface area contributed by atoms with Crippen LogP contribution in [-0.4, -0.2) is 54.4 Å². The first kappa shape index (κ1) is 14.6. The molecule has 2 aliphatic heterocycles. The van der Waals surface area contributed by atoms with Gasteiger partial charge in [0.15, 0.2) is 0 Å². The number of carbonyl (C=O) groups is 1. The third-order valence-corrected chi connectivity index (χ3v) is 5.15. The van der Waals surface area contributed by atoms with E-state index in [1.165, 1.54) is 0 Å². The maximum atomic E-state index is 11.9. The van der Waals surface area contributed by atoms with Gasteiger partial charge in [-0.2, -0.15) is 0 Å². The lowest BCUT2D eigenvalue weighted by Gasteiger charge is -2.40. The van der Waals surface area contributed by atoms with E-state index in [2.05, 4.69) is 25.5 Å². The van der Waals surface area contributed by atoms with Crippen molar-refractivity contribution < 1.29 is 9.53 Å².